The van der Waals surface area contributed by atoms with E-state index in [1.807, 2.05) is 19.0 Å². The highest BCUT2D eigenvalue weighted by Crippen LogP contribution is 2.35. The first-order valence-corrected chi connectivity index (χ1v) is 12.2. The van der Waals surface area contributed by atoms with Crippen LogP contribution in [0.1, 0.15) is 5.82 Å². The summed E-state index contributed by atoms with van der Waals surface area (Å²) in [7, 11) is 3.93. The SMILES string of the molecule is CN(C)CCc1noc(-c2cnc(NCCNc3ccc([N+](=O)[O-])c(N)n3)nc2-c2ccc(Cl)cc2Cl)n1. The molecule has 38 heavy (non-hydrogen) atoms. The topological polar surface area (TPSA) is 174 Å². The number of nitro groups is 1. The third kappa shape index (κ3) is 6.62. The van der Waals surface area contributed by atoms with Gasteiger partial charge in [0.05, 0.1) is 21.2 Å². The number of benzene rings is 1. The van der Waals surface area contributed by atoms with Gasteiger partial charge in [-0.1, -0.05) is 28.4 Å². The third-order valence-electron chi connectivity index (χ3n) is 5.27. The average Bonchev–Trinajstić information content (AvgIpc) is 3.34. The van der Waals surface area contributed by atoms with Crippen molar-refractivity contribution in [1.82, 2.24) is 30.0 Å². The molecule has 0 atom stereocenters. The molecule has 0 spiro atoms. The molecule has 15 heteroatoms. The van der Waals surface area contributed by atoms with Crippen LogP contribution >= 0.6 is 23.2 Å². The van der Waals surface area contributed by atoms with Crippen LogP contribution in [0.3, 0.4) is 0 Å². The summed E-state index contributed by atoms with van der Waals surface area (Å²) < 4.78 is 5.51. The number of likely N-dealkylation sites (N-methyl/N-ethyl adjacent to an activating group) is 1. The van der Waals surface area contributed by atoms with Gasteiger partial charge in [0.2, 0.25) is 11.8 Å². The number of nitrogens with zero attached hydrogens (tertiary/aromatic N) is 7. The van der Waals surface area contributed by atoms with E-state index in [0.29, 0.717) is 64.0 Å². The van der Waals surface area contributed by atoms with Crippen molar-refractivity contribution in [2.75, 3.05) is 50.1 Å². The first-order chi connectivity index (χ1) is 18.2. The summed E-state index contributed by atoms with van der Waals surface area (Å²) in [6.07, 6.45) is 2.21. The van der Waals surface area contributed by atoms with E-state index in [1.165, 1.54) is 12.1 Å². The molecule has 198 valence electrons. The minimum absolute atomic E-state index is 0.165. The zero-order valence-electron chi connectivity index (χ0n) is 20.5. The molecule has 4 rings (SSSR count). The highest BCUT2D eigenvalue weighted by molar-refractivity contribution is 6.36. The Morgan fingerprint density at radius 3 is 2.58 bits per heavy atom. The summed E-state index contributed by atoms with van der Waals surface area (Å²) in [5, 5.41) is 22.0. The Morgan fingerprint density at radius 2 is 1.87 bits per heavy atom. The van der Waals surface area contributed by atoms with Crippen LogP contribution in [0.15, 0.2) is 41.1 Å². The molecule has 3 heterocycles. The fourth-order valence-electron chi connectivity index (χ4n) is 3.38. The number of aromatic nitrogens is 5. The molecule has 13 nitrogen and oxygen atoms in total. The normalized spacial score (nSPS) is 11.1. The van der Waals surface area contributed by atoms with E-state index in [-0.39, 0.29) is 17.4 Å². The molecule has 4 aromatic rings. The van der Waals surface area contributed by atoms with Gasteiger partial charge < -0.3 is 25.8 Å². The molecule has 0 aliphatic rings. The van der Waals surface area contributed by atoms with E-state index in [4.69, 9.17) is 33.5 Å². The van der Waals surface area contributed by atoms with Crippen LogP contribution in [0.4, 0.5) is 23.3 Å². The smallest absolute Gasteiger partial charge is 0.311 e. The van der Waals surface area contributed by atoms with Crippen molar-refractivity contribution in [3.8, 4) is 22.7 Å². The number of hydrogen-bond donors (Lipinski definition) is 3. The number of nitrogens with one attached hydrogen (secondary N) is 2. The van der Waals surface area contributed by atoms with Crippen LogP contribution < -0.4 is 16.4 Å². The van der Waals surface area contributed by atoms with Crippen LogP contribution in [0.5, 0.6) is 0 Å². The number of nitrogens with two attached hydrogens (primary N) is 1. The number of halogens is 2. The molecule has 3 aromatic heterocycles. The Hall–Kier alpha value is -4.07. The van der Waals surface area contributed by atoms with Gasteiger partial charge >= 0.3 is 5.69 Å². The minimum atomic E-state index is -0.585. The van der Waals surface area contributed by atoms with Crippen molar-refractivity contribution >= 4 is 46.5 Å². The number of rotatable bonds is 11. The number of anilines is 3. The Bertz CT molecular complexity index is 1450. The van der Waals surface area contributed by atoms with Gasteiger partial charge in [0, 0.05) is 48.9 Å². The molecule has 0 amide bonds. The summed E-state index contributed by atoms with van der Waals surface area (Å²) >= 11 is 12.6. The van der Waals surface area contributed by atoms with Gasteiger partial charge in [-0.05, 0) is 38.4 Å². The van der Waals surface area contributed by atoms with Crippen LogP contribution in [-0.4, -0.2) is 68.6 Å². The van der Waals surface area contributed by atoms with E-state index >= 15 is 0 Å². The van der Waals surface area contributed by atoms with Crippen LogP contribution in [-0.2, 0) is 6.42 Å². The van der Waals surface area contributed by atoms with E-state index in [0.717, 1.165) is 6.54 Å². The highest BCUT2D eigenvalue weighted by atomic mass is 35.5. The Balaban J connectivity index is 1.52. The fourth-order valence-corrected chi connectivity index (χ4v) is 3.88. The highest BCUT2D eigenvalue weighted by Gasteiger charge is 2.20. The largest absolute Gasteiger partial charge is 0.378 e. The van der Waals surface area contributed by atoms with Crippen molar-refractivity contribution in [2.24, 2.45) is 0 Å². The maximum absolute atomic E-state index is 10.9. The van der Waals surface area contributed by atoms with Crippen molar-refractivity contribution in [3.05, 3.63) is 62.5 Å². The van der Waals surface area contributed by atoms with Gasteiger partial charge in [-0.3, -0.25) is 10.1 Å². The van der Waals surface area contributed by atoms with Crippen LogP contribution in [0, 0.1) is 10.1 Å². The fraction of sp³-hybridized carbons (Fsp3) is 0.261. The molecule has 0 fully saturated rings. The first kappa shape index (κ1) is 27.0. The summed E-state index contributed by atoms with van der Waals surface area (Å²) in [5.74, 6) is 1.41. The Morgan fingerprint density at radius 1 is 1.08 bits per heavy atom. The number of nitrogen functional groups attached to an aromatic ring is 1. The maximum atomic E-state index is 10.9. The predicted octanol–water partition coefficient (Wildman–Crippen LogP) is 4.01. The van der Waals surface area contributed by atoms with Crippen molar-refractivity contribution < 1.29 is 9.45 Å². The Labute approximate surface area is 227 Å². The lowest BCUT2D eigenvalue weighted by molar-refractivity contribution is -0.384. The second kappa shape index (κ2) is 12.0. The molecule has 0 saturated heterocycles. The van der Waals surface area contributed by atoms with Gasteiger partial charge in [-0.2, -0.15) is 4.98 Å². The zero-order valence-corrected chi connectivity index (χ0v) is 22.0. The van der Waals surface area contributed by atoms with Crippen molar-refractivity contribution in [3.63, 3.8) is 0 Å². The molecule has 1 aromatic carbocycles. The van der Waals surface area contributed by atoms with Gasteiger partial charge in [-0.25, -0.2) is 15.0 Å². The average molecular weight is 559 g/mol. The standard InChI is InChI=1S/C23H24Cl2N10O3/c1-34(2)10-7-19-31-22(38-33-19)15-12-29-23(32-20(15)14-4-3-13(24)11-16(14)25)28-9-8-27-18-6-5-17(35(36)37)21(26)30-18/h3-6,11-12H,7-10H2,1-2H3,(H3,26,27,30)(H,28,29,32). The lowest BCUT2D eigenvalue weighted by Gasteiger charge is -2.11. The predicted molar refractivity (Wildman–Crippen MR) is 145 cm³/mol. The third-order valence-corrected chi connectivity index (χ3v) is 5.82. The summed E-state index contributed by atoms with van der Waals surface area (Å²) in [6.45, 7) is 1.58. The van der Waals surface area contributed by atoms with E-state index < -0.39 is 4.92 Å². The van der Waals surface area contributed by atoms with Gasteiger partial charge in [0.15, 0.2) is 5.82 Å². The second-order valence-corrected chi connectivity index (χ2v) is 9.20. The summed E-state index contributed by atoms with van der Waals surface area (Å²) in [4.78, 5) is 29.9. The molecule has 0 aliphatic carbocycles. The van der Waals surface area contributed by atoms with Crippen molar-refractivity contribution in [2.45, 2.75) is 6.42 Å². The quantitative estimate of drug-likeness (QED) is 0.137. The van der Waals surface area contributed by atoms with E-state index in [9.17, 15) is 10.1 Å². The van der Waals surface area contributed by atoms with E-state index in [2.05, 4.69) is 35.7 Å². The summed E-state index contributed by atoms with van der Waals surface area (Å²) in [6, 6.07) is 7.88. The second-order valence-electron chi connectivity index (χ2n) is 8.36. The van der Waals surface area contributed by atoms with Gasteiger partial charge in [-0.15, -0.1) is 0 Å². The lowest BCUT2D eigenvalue weighted by atomic mass is 10.1. The van der Waals surface area contributed by atoms with Crippen LogP contribution in [0.2, 0.25) is 10.0 Å². The monoisotopic (exact) mass is 558 g/mol. The molecular formula is C23H24Cl2N10O3. The molecule has 0 radical (unpaired) electrons. The molecule has 0 unspecified atom stereocenters. The summed E-state index contributed by atoms with van der Waals surface area (Å²) in [5.41, 5.74) is 7.02. The molecular weight excluding hydrogens is 535 g/mol. The molecule has 4 N–H and O–H groups in total. The minimum Gasteiger partial charge on any atom is -0.378 e. The van der Waals surface area contributed by atoms with Crippen molar-refractivity contribution in [1.29, 1.82) is 0 Å². The molecule has 0 bridgehead atoms. The first-order valence-electron chi connectivity index (χ1n) is 11.4. The number of pyridine rings is 1. The van der Waals surface area contributed by atoms with Crippen LogP contribution in [0.25, 0.3) is 22.7 Å². The zero-order chi connectivity index (χ0) is 27.2. The van der Waals surface area contributed by atoms with Gasteiger partial charge in [0.25, 0.3) is 5.89 Å². The van der Waals surface area contributed by atoms with E-state index in [1.54, 1.807) is 24.4 Å². The van der Waals surface area contributed by atoms with Gasteiger partial charge in [0.1, 0.15) is 5.82 Å². The molecule has 0 saturated carbocycles. The molecule has 0 aliphatic heterocycles. The lowest BCUT2D eigenvalue weighted by Crippen LogP contribution is -2.16. The Kier molecular flexibility index (Phi) is 8.51. The maximum Gasteiger partial charge on any atom is 0.311 e. The number of hydrogen-bond acceptors (Lipinski definition) is 12.